The van der Waals surface area contributed by atoms with Gasteiger partial charge in [0.15, 0.2) is 0 Å². The van der Waals surface area contributed by atoms with E-state index in [1.54, 1.807) is 5.56 Å². The third-order valence-corrected chi connectivity index (χ3v) is 3.71. The van der Waals surface area contributed by atoms with E-state index < -0.39 is 0 Å². The van der Waals surface area contributed by atoms with Crippen molar-refractivity contribution in [3.63, 3.8) is 0 Å². The Bertz CT molecular complexity index is 339. The molecule has 0 bridgehead atoms. The molecule has 18 heavy (non-hydrogen) atoms. The van der Waals surface area contributed by atoms with Crippen LogP contribution in [0.3, 0.4) is 0 Å². The number of hydrogen-bond donors (Lipinski definition) is 1. The lowest BCUT2D eigenvalue weighted by atomic mass is 9.93. The van der Waals surface area contributed by atoms with E-state index in [1.807, 2.05) is 0 Å². The summed E-state index contributed by atoms with van der Waals surface area (Å²) in [5.74, 6) is 0. The number of nitrogens with one attached hydrogen (secondary N) is 1. The number of rotatable bonds is 7. The fourth-order valence-corrected chi connectivity index (χ4v) is 2.91. The molecule has 0 amide bonds. The Balaban J connectivity index is 2.66. The van der Waals surface area contributed by atoms with E-state index >= 15 is 0 Å². The Hall–Kier alpha value is -0.820. The molecule has 0 saturated heterocycles. The van der Waals surface area contributed by atoms with Gasteiger partial charge in [-0.25, -0.2) is 0 Å². The summed E-state index contributed by atoms with van der Waals surface area (Å²) >= 11 is 0. The molecule has 1 N–H and O–H groups in total. The molecule has 1 unspecified atom stereocenters. The first-order valence-electron chi connectivity index (χ1n) is 7.38. The predicted octanol–water partition coefficient (Wildman–Crippen LogP) is 4.32. The lowest BCUT2D eigenvalue weighted by molar-refractivity contribution is 0.459. The maximum Gasteiger partial charge on any atom is 0.00700 e. The van der Waals surface area contributed by atoms with Crippen LogP contribution in [-0.4, -0.2) is 12.6 Å². The molecule has 0 fully saturated rings. The van der Waals surface area contributed by atoms with Crippen LogP contribution in [-0.2, 0) is 6.42 Å². The maximum absolute atomic E-state index is 3.60. The van der Waals surface area contributed by atoms with Gasteiger partial charge in [0.1, 0.15) is 0 Å². The summed E-state index contributed by atoms with van der Waals surface area (Å²) in [5, 5.41) is 3.60. The van der Waals surface area contributed by atoms with Crippen LogP contribution in [0, 0.1) is 20.8 Å². The van der Waals surface area contributed by atoms with E-state index in [4.69, 9.17) is 0 Å². The van der Waals surface area contributed by atoms with Crippen molar-refractivity contribution in [1.82, 2.24) is 5.32 Å². The lowest BCUT2D eigenvalue weighted by Gasteiger charge is -2.19. The summed E-state index contributed by atoms with van der Waals surface area (Å²) < 4.78 is 0. The van der Waals surface area contributed by atoms with E-state index in [1.165, 1.54) is 42.4 Å². The molecule has 0 radical (unpaired) electrons. The minimum atomic E-state index is 0.681. The Morgan fingerprint density at radius 2 is 1.61 bits per heavy atom. The lowest BCUT2D eigenvalue weighted by Crippen LogP contribution is -2.29. The zero-order chi connectivity index (χ0) is 13.5. The summed E-state index contributed by atoms with van der Waals surface area (Å²) in [6.07, 6.45) is 5.02. The molecule has 0 saturated carbocycles. The number of aryl methyl sites for hydroxylation is 3. The van der Waals surface area contributed by atoms with Crippen LogP contribution < -0.4 is 5.32 Å². The summed E-state index contributed by atoms with van der Waals surface area (Å²) in [6, 6.07) is 5.30. The largest absolute Gasteiger partial charge is 0.314 e. The molecule has 1 rings (SSSR count). The Kier molecular flexibility index (Phi) is 6.42. The Morgan fingerprint density at radius 1 is 1.00 bits per heavy atom. The molecule has 0 heterocycles. The van der Waals surface area contributed by atoms with Gasteiger partial charge in [-0.15, -0.1) is 0 Å². The van der Waals surface area contributed by atoms with Gasteiger partial charge in [0.2, 0.25) is 0 Å². The van der Waals surface area contributed by atoms with Crippen LogP contribution in [0.5, 0.6) is 0 Å². The number of benzene rings is 1. The molecule has 1 aromatic carbocycles. The van der Waals surface area contributed by atoms with Gasteiger partial charge in [-0.3, -0.25) is 0 Å². The Morgan fingerprint density at radius 3 is 2.11 bits per heavy atom. The highest BCUT2D eigenvalue weighted by molar-refractivity contribution is 5.37. The van der Waals surface area contributed by atoms with Crippen LogP contribution in [0.15, 0.2) is 12.1 Å². The normalized spacial score (nSPS) is 12.7. The van der Waals surface area contributed by atoms with Gasteiger partial charge < -0.3 is 5.32 Å². The van der Waals surface area contributed by atoms with Gasteiger partial charge in [0.25, 0.3) is 0 Å². The second-order valence-corrected chi connectivity index (χ2v) is 5.46. The molecule has 1 aromatic rings. The minimum absolute atomic E-state index is 0.681. The van der Waals surface area contributed by atoms with Crippen molar-refractivity contribution in [2.45, 2.75) is 66.3 Å². The standard InChI is InChI=1S/C17H29N/c1-6-8-16(18-7-2)9-10-17-14(4)11-13(3)12-15(17)5/h11-12,16,18H,6-10H2,1-5H3. The SMILES string of the molecule is CCCC(CCc1c(C)cc(C)cc1C)NCC. The second-order valence-electron chi connectivity index (χ2n) is 5.46. The van der Waals surface area contributed by atoms with Crippen molar-refractivity contribution >= 4 is 0 Å². The molecule has 0 spiro atoms. The molecule has 0 aliphatic rings. The van der Waals surface area contributed by atoms with Crippen LogP contribution in [0.25, 0.3) is 0 Å². The fourth-order valence-electron chi connectivity index (χ4n) is 2.91. The van der Waals surface area contributed by atoms with Gasteiger partial charge in [-0.2, -0.15) is 0 Å². The average molecular weight is 247 g/mol. The maximum atomic E-state index is 3.60. The third kappa shape index (κ3) is 4.45. The molecular weight excluding hydrogens is 218 g/mol. The van der Waals surface area contributed by atoms with E-state index in [0.717, 1.165) is 6.54 Å². The summed E-state index contributed by atoms with van der Waals surface area (Å²) in [6.45, 7) is 12.2. The van der Waals surface area contributed by atoms with E-state index in [9.17, 15) is 0 Å². The quantitative estimate of drug-likeness (QED) is 0.756. The van der Waals surface area contributed by atoms with Gasteiger partial charge >= 0.3 is 0 Å². The highest BCUT2D eigenvalue weighted by Crippen LogP contribution is 2.19. The smallest absolute Gasteiger partial charge is 0.00700 e. The van der Waals surface area contributed by atoms with Crippen LogP contribution >= 0.6 is 0 Å². The van der Waals surface area contributed by atoms with Crippen LogP contribution in [0.2, 0.25) is 0 Å². The van der Waals surface area contributed by atoms with Crippen LogP contribution in [0.1, 0.15) is 55.4 Å². The summed E-state index contributed by atoms with van der Waals surface area (Å²) in [5.41, 5.74) is 5.85. The molecule has 1 nitrogen and oxygen atoms in total. The first-order valence-corrected chi connectivity index (χ1v) is 7.38. The van der Waals surface area contributed by atoms with E-state index in [0.29, 0.717) is 6.04 Å². The summed E-state index contributed by atoms with van der Waals surface area (Å²) in [7, 11) is 0. The molecule has 0 aromatic heterocycles. The van der Waals surface area contributed by atoms with Crippen molar-refractivity contribution in [1.29, 1.82) is 0 Å². The first kappa shape index (κ1) is 15.2. The minimum Gasteiger partial charge on any atom is -0.314 e. The van der Waals surface area contributed by atoms with Gasteiger partial charge in [0, 0.05) is 6.04 Å². The summed E-state index contributed by atoms with van der Waals surface area (Å²) in [4.78, 5) is 0. The molecular formula is C17H29N. The van der Waals surface area contributed by atoms with Gasteiger partial charge in [-0.1, -0.05) is 38.0 Å². The van der Waals surface area contributed by atoms with Gasteiger partial charge in [-0.05, 0) is 63.3 Å². The zero-order valence-electron chi connectivity index (χ0n) is 12.8. The predicted molar refractivity (Wildman–Crippen MR) is 81.3 cm³/mol. The molecule has 1 heteroatoms. The molecule has 0 aliphatic carbocycles. The fraction of sp³-hybridized carbons (Fsp3) is 0.647. The van der Waals surface area contributed by atoms with Crippen molar-refractivity contribution in [3.8, 4) is 0 Å². The van der Waals surface area contributed by atoms with Gasteiger partial charge in [0.05, 0.1) is 0 Å². The third-order valence-electron chi connectivity index (χ3n) is 3.71. The molecule has 102 valence electrons. The number of hydrogen-bond acceptors (Lipinski definition) is 1. The van der Waals surface area contributed by atoms with Crippen LogP contribution in [0.4, 0.5) is 0 Å². The topological polar surface area (TPSA) is 12.0 Å². The monoisotopic (exact) mass is 247 g/mol. The van der Waals surface area contributed by atoms with Crippen molar-refractivity contribution in [2.75, 3.05) is 6.54 Å². The highest BCUT2D eigenvalue weighted by atomic mass is 14.9. The van der Waals surface area contributed by atoms with Crippen molar-refractivity contribution < 1.29 is 0 Å². The molecule has 1 atom stereocenters. The average Bonchev–Trinajstić information content (AvgIpc) is 2.28. The Labute approximate surface area is 113 Å². The van der Waals surface area contributed by atoms with Crippen molar-refractivity contribution in [2.24, 2.45) is 0 Å². The zero-order valence-corrected chi connectivity index (χ0v) is 12.8. The first-order chi connectivity index (χ1) is 8.58. The molecule has 0 aliphatic heterocycles. The second kappa shape index (κ2) is 7.58. The van der Waals surface area contributed by atoms with Crippen molar-refractivity contribution in [3.05, 3.63) is 34.4 Å². The highest BCUT2D eigenvalue weighted by Gasteiger charge is 2.09. The van der Waals surface area contributed by atoms with E-state index in [2.05, 4.69) is 52.1 Å². The van der Waals surface area contributed by atoms with E-state index in [-0.39, 0.29) is 0 Å².